The van der Waals surface area contributed by atoms with Crippen LogP contribution in [0.2, 0.25) is 0 Å². The van der Waals surface area contributed by atoms with Crippen molar-refractivity contribution in [1.82, 2.24) is 0 Å². The second kappa shape index (κ2) is 18.7. The van der Waals surface area contributed by atoms with Gasteiger partial charge in [-0.15, -0.1) is 0 Å². The molecular formula is C41H48O8. The van der Waals surface area contributed by atoms with E-state index in [1.165, 1.54) is 25.7 Å². The molecule has 1 atom stereocenters. The van der Waals surface area contributed by atoms with Crippen molar-refractivity contribution in [3.05, 3.63) is 96.1 Å². The third-order valence-corrected chi connectivity index (χ3v) is 8.26. The average Bonchev–Trinajstić information content (AvgIpc) is 3.21. The largest absolute Gasteiger partial charge is 0.494 e. The number of hydrogen-bond donors (Lipinski definition) is 1. The van der Waals surface area contributed by atoms with Gasteiger partial charge in [0.15, 0.2) is 0 Å². The van der Waals surface area contributed by atoms with Gasteiger partial charge in [-0.3, -0.25) is 0 Å². The third-order valence-electron chi connectivity index (χ3n) is 8.26. The molecule has 4 aromatic carbocycles. The van der Waals surface area contributed by atoms with E-state index in [1.807, 2.05) is 24.3 Å². The second-order valence-corrected chi connectivity index (χ2v) is 12.1. The molecule has 1 N–H and O–H groups in total. The van der Waals surface area contributed by atoms with Crippen molar-refractivity contribution in [2.24, 2.45) is 0 Å². The van der Waals surface area contributed by atoms with Crippen LogP contribution in [0.1, 0.15) is 93.8 Å². The highest BCUT2D eigenvalue weighted by molar-refractivity contribution is 5.94. The van der Waals surface area contributed by atoms with E-state index < -0.39 is 12.3 Å². The van der Waals surface area contributed by atoms with Gasteiger partial charge < -0.3 is 33.5 Å². The molecule has 1 heterocycles. The summed E-state index contributed by atoms with van der Waals surface area (Å²) in [7, 11) is 0. The van der Waals surface area contributed by atoms with Crippen LogP contribution in [0.15, 0.2) is 84.9 Å². The lowest BCUT2D eigenvalue weighted by Crippen LogP contribution is -2.11. The summed E-state index contributed by atoms with van der Waals surface area (Å²) in [4.78, 5) is 13.4. The molecule has 4 aromatic rings. The molecule has 1 aliphatic heterocycles. The second-order valence-electron chi connectivity index (χ2n) is 12.1. The molecule has 0 spiro atoms. The zero-order valence-electron chi connectivity index (χ0n) is 28.7. The summed E-state index contributed by atoms with van der Waals surface area (Å²) in [6, 6.07) is 24.9. The molecule has 5 rings (SSSR count). The number of esters is 1. The highest BCUT2D eigenvalue weighted by atomic mass is 16.6. The van der Waals surface area contributed by atoms with Crippen molar-refractivity contribution >= 4 is 5.97 Å². The maximum absolute atomic E-state index is 13.4. The SMILES string of the molecule is CCCCCCOc1ccc(C(=O)Oc2cccc3c2-c2c(cccc2OC(O)c2ccc(OCCCCCC)cc2)OCCCO3)cc1. The van der Waals surface area contributed by atoms with Gasteiger partial charge in [-0.2, -0.15) is 0 Å². The summed E-state index contributed by atoms with van der Waals surface area (Å²) in [6.45, 7) is 6.47. The molecule has 0 saturated carbocycles. The maximum Gasteiger partial charge on any atom is 0.343 e. The number of rotatable bonds is 17. The Morgan fingerprint density at radius 2 is 1.20 bits per heavy atom. The molecule has 0 aliphatic carbocycles. The van der Waals surface area contributed by atoms with E-state index in [4.69, 9.17) is 28.4 Å². The number of fused-ring (bicyclic) bond motifs is 3. The standard InChI is InChI=1S/C41H48O8/c1-3-5-7-9-26-44-32-22-18-30(19-23-32)40(42)48-36-16-11-14-34-38(36)39-35(47-29-13-28-46-34)15-12-17-37(39)49-41(43)31-20-24-33(25-21-31)45-27-10-8-6-4-2/h11-12,14-25,40,42H,3-10,13,26-29H2,1-2H3. The first kappa shape index (κ1) is 35.6. The number of benzene rings is 4. The zero-order valence-corrected chi connectivity index (χ0v) is 28.7. The summed E-state index contributed by atoms with van der Waals surface area (Å²) in [5.41, 5.74) is 1.95. The first-order chi connectivity index (χ1) is 24.1. The summed E-state index contributed by atoms with van der Waals surface area (Å²) in [5, 5.41) is 11.2. The molecule has 8 heteroatoms. The number of aliphatic hydroxyl groups excluding tert-OH is 1. The highest BCUT2D eigenvalue weighted by Crippen LogP contribution is 2.49. The Morgan fingerprint density at radius 3 is 1.78 bits per heavy atom. The van der Waals surface area contributed by atoms with Crippen LogP contribution in [-0.4, -0.2) is 37.5 Å². The topological polar surface area (TPSA) is 92.7 Å². The molecule has 0 fully saturated rings. The van der Waals surface area contributed by atoms with E-state index in [9.17, 15) is 9.90 Å². The van der Waals surface area contributed by atoms with E-state index in [2.05, 4.69) is 13.8 Å². The van der Waals surface area contributed by atoms with Crippen LogP contribution in [0.25, 0.3) is 11.1 Å². The van der Waals surface area contributed by atoms with Crippen molar-refractivity contribution in [2.75, 3.05) is 26.4 Å². The minimum atomic E-state index is -1.29. The van der Waals surface area contributed by atoms with E-state index in [0.29, 0.717) is 78.1 Å². The van der Waals surface area contributed by atoms with Gasteiger partial charge in [-0.05, 0) is 85.6 Å². The number of carbonyl (C=O) groups excluding carboxylic acids is 1. The molecule has 0 saturated heterocycles. The van der Waals surface area contributed by atoms with E-state index in [0.717, 1.165) is 31.4 Å². The zero-order chi connectivity index (χ0) is 34.3. The van der Waals surface area contributed by atoms with Crippen LogP contribution in [0.4, 0.5) is 0 Å². The molecule has 0 amide bonds. The summed E-state index contributed by atoms with van der Waals surface area (Å²) < 4.78 is 36.3. The lowest BCUT2D eigenvalue weighted by atomic mass is 10.0. The van der Waals surface area contributed by atoms with E-state index >= 15 is 0 Å². The number of unbranched alkanes of at least 4 members (excludes halogenated alkanes) is 6. The smallest absolute Gasteiger partial charge is 0.343 e. The van der Waals surface area contributed by atoms with Gasteiger partial charge >= 0.3 is 5.97 Å². The molecule has 0 aromatic heterocycles. The highest BCUT2D eigenvalue weighted by Gasteiger charge is 2.26. The van der Waals surface area contributed by atoms with Crippen LogP contribution < -0.4 is 28.4 Å². The molecule has 0 radical (unpaired) electrons. The van der Waals surface area contributed by atoms with Crippen molar-refractivity contribution in [2.45, 2.75) is 77.9 Å². The molecule has 260 valence electrons. The van der Waals surface area contributed by atoms with Crippen LogP contribution in [-0.2, 0) is 0 Å². The Hall–Kier alpha value is -4.69. The number of hydrogen-bond acceptors (Lipinski definition) is 8. The van der Waals surface area contributed by atoms with Crippen molar-refractivity contribution < 1.29 is 38.3 Å². The normalized spacial score (nSPS) is 12.9. The number of carbonyl (C=O) groups is 1. The minimum Gasteiger partial charge on any atom is -0.494 e. The molecule has 49 heavy (non-hydrogen) atoms. The lowest BCUT2D eigenvalue weighted by molar-refractivity contribution is -0.0191. The first-order valence-electron chi connectivity index (χ1n) is 17.6. The van der Waals surface area contributed by atoms with Crippen LogP contribution >= 0.6 is 0 Å². The van der Waals surface area contributed by atoms with Gasteiger partial charge in [0, 0.05) is 12.0 Å². The van der Waals surface area contributed by atoms with Gasteiger partial charge in [0.25, 0.3) is 0 Å². The Morgan fingerprint density at radius 1 is 0.673 bits per heavy atom. The number of aliphatic hydroxyl groups is 1. The van der Waals surface area contributed by atoms with Gasteiger partial charge in [0.2, 0.25) is 6.29 Å². The molecular weight excluding hydrogens is 620 g/mol. The summed E-state index contributed by atoms with van der Waals surface area (Å²) in [6.07, 6.45) is 8.38. The molecule has 8 nitrogen and oxygen atoms in total. The lowest BCUT2D eigenvalue weighted by Gasteiger charge is -2.21. The van der Waals surface area contributed by atoms with Gasteiger partial charge in [-0.25, -0.2) is 4.79 Å². The van der Waals surface area contributed by atoms with Gasteiger partial charge in [-0.1, -0.05) is 64.5 Å². The fourth-order valence-corrected chi connectivity index (χ4v) is 5.56. The van der Waals surface area contributed by atoms with E-state index in [1.54, 1.807) is 60.7 Å². The van der Waals surface area contributed by atoms with Gasteiger partial charge in [0.1, 0.15) is 34.5 Å². The average molecular weight is 669 g/mol. The monoisotopic (exact) mass is 668 g/mol. The Labute approximate surface area is 289 Å². The van der Waals surface area contributed by atoms with Crippen LogP contribution in [0.5, 0.6) is 34.5 Å². The fourth-order valence-electron chi connectivity index (χ4n) is 5.56. The molecule has 0 bridgehead atoms. The fraction of sp³-hybridized carbons (Fsp3) is 0.390. The third kappa shape index (κ3) is 10.2. The minimum absolute atomic E-state index is 0.275. The summed E-state index contributed by atoms with van der Waals surface area (Å²) >= 11 is 0. The Bertz CT molecular complexity index is 1600. The summed E-state index contributed by atoms with van der Waals surface area (Å²) in [5.74, 6) is 2.56. The molecule has 1 aliphatic rings. The van der Waals surface area contributed by atoms with Crippen molar-refractivity contribution in [3.8, 4) is 45.6 Å². The predicted octanol–water partition coefficient (Wildman–Crippen LogP) is 9.72. The Balaban J connectivity index is 1.36. The quantitative estimate of drug-likeness (QED) is 0.0515. The number of ether oxygens (including phenoxy) is 6. The van der Waals surface area contributed by atoms with Crippen LogP contribution in [0, 0.1) is 0 Å². The molecule has 1 unspecified atom stereocenters. The van der Waals surface area contributed by atoms with Gasteiger partial charge in [0.05, 0.1) is 43.1 Å². The van der Waals surface area contributed by atoms with Crippen molar-refractivity contribution in [1.29, 1.82) is 0 Å². The predicted molar refractivity (Wildman–Crippen MR) is 190 cm³/mol. The van der Waals surface area contributed by atoms with Crippen molar-refractivity contribution in [3.63, 3.8) is 0 Å². The Kier molecular flexibility index (Phi) is 13.6. The first-order valence-corrected chi connectivity index (χ1v) is 17.6. The maximum atomic E-state index is 13.4. The van der Waals surface area contributed by atoms with Crippen LogP contribution in [0.3, 0.4) is 0 Å². The van der Waals surface area contributed by atoms with E-state index in [-0.39, 0.29) is 5.75 Å².